The van der Waals surface area contributed by atoms with Gasteiger partial charge in [-0.15, -0.1) is 0 Å². The molecule has 2 rings (SSSR count). The zero-order chi connectivity index (χ0) is 14.4. The highest BCUT2D eigenvalue weighted by molar-refractivity contribution is 5.31. The summed E-state index contributed by atoms with van der Waals surface area (Å²) in [7, 11) is 1.65. The van der Waals surface area contributed by atoms with Gasteiger partial charge in [0.2, 0.25) is 0 Å². The van der Waals surface area contributed by atoms with Crippen molar-refractivity contribution in [2.75, 3.05) is 13.7 Å². The Kier molecular flexibility index (Phi) is 4.86. The highest BCUT2D eigenvalue weighted by atomic mass is 16.5. The molecule has 0 bridgehead atoms. The van der Waals surface area contributed by atoms with Crippen LogP contribution in [0.4, 0.5) is 0 Å². The molecule has 2 unspecified atom stereocenters. The maximum Gasteiger partial charge on any atom is 0.119 e. The van der Waals surface area contributed by atoms with Crippen molar-refractivity contribution >= 4 is 0 Å². The van der Waals surface area contributed by atoms with Gasteiger partial charge in [-0.3, -0.25) is 5.32 Å². The Balaban J connectivity index is 2.00. The van der Waals surface area contributed by atoms with Crippen LogP contribution in [0.15, 0.2) is 24.3 Å². The van der Waals surface area contributed by atoms with Gasteiger partial charge in [-0.1, -0.05) is 6.92 Å². The van der Waals surface area contributed by atoms with Crippen molar-refractivity contribution in [3.63, 3.8) is 0 Å². The molecule has 1 aromatic rings. The molecule has 1 aliphatic rings. The lowest BCUT2D eigenvalue weighted by molar-refractivity contribution is 0.113. The maximum atomic E-state index is 9.44. The SMILES string of the molecule is CCNC1(C#N)CCCC(Oc2ccc(OC)cc2)C1. The molecule has 0 radical (unpaired) electrons. The van der Waals surface area contributed by atoms with E-state index in [4.69, 9.17) is 9.47 Å². The van der Waals surface area contributed by atoms with Gasteiger partial charge in [0.05, 0.1) is 13.2 Å². The van der Waals surface area contributed by atoms with E-state index in [1.54, 1.807) is 7.11 Å². The van der Waals surface area contributed by atoms with Crippen LogP contribution < -0.4 is 14.8 Å². The summed E-state index contributed by atoms with van der Waals surface area (Å²) >= 11 is 0. The summed E-state index contributed by atoms with van der Waals surface area (Å²) < 4.78 is 11.1. The van der Waals surface area contributed by atoms with Crippen LogP contribution in [0.2, 0.25) is 0 Å². The summed E-state index contributed by atoms with van der Waals surface area (Å²) in [5.74, 6) is 1.65. The average molecular weight is 274 g/mol. The molecular weight excluding hydrogens is 252 g/mol. The van der Waals surface area contributed by atoms with Gasteiger partial charge in [-0.2, -0.15) is 5.26 Å². The zero-order valence-corrected chi connectivity index (χ0v) is 12.2. The number of nitriles is 1. The van der Waals surface area contributed by atoms with Gasteiger partial charge in [0.15, 0.2) is 0 Å². The third-order valence-corrected chi connectivity index (χ3v) is 3.80. The quantitative estimate of drug-likeness (QED) is 0.897. The summed E-state index contributed by atoms with van der Waals surface area (Å²) in [5, 5.41) is 12.8. The van der Waals surface area contributed by atoms with Crippen molar-refractivity contribution in [1.82, 2.24) is 5.32 Å². The van der Waals surface area contributed by atoms with Crippen molar-refractivity contribution in [3.8, 4) is 17.6 Å². The number of benzene rings is 1. The van der Waals surface area contributed by atoms with Crippen LogP contribution >= 0.6 is 0 Å². The van der Waals surface area contributed by atoms with E-state index in [1.165, 1.54) is 0 Å². The first-order valence-electron chi connectivity index (χ1n) is 7.18. The van der Waals surface area contributed by atoms with E-state index in [0.717, 1.165) is 43.7 Å². The highest BCUT2D eigenvalue weighted by Crippen LogP contribution is 2.31. The summed E-state index contributed by atoms with van der Waals surface area (Å²) in [5.41, 5.74) is -0.426. The number of ether oxygens (including phenoxy) is 2. The molecule has 0 spiro atoms. The molecule has 4 nitrogen and oxygen atoms in total. The van der Waals surface area contributed by atoms with Gasteiger partial charge < -0.3 is 9.47 Å². The number of methoxy groups -OCH3 is 1. The molecule has 1 N–H and O–H groups in total. The van der Waals surface area contributed by atoms with Gasteiger partial charge in [-0.25, -0.2) is 0 Å². The predicted octanol–water partition coefficient (Wildman–Crippen LogP) is 2.89. The van der Waals surface area contributed by atoms with Gasteiger partial charge in [0.25, 0.3) is 0 Å². The molecule has 0 heterocycles. The van der Waals surface area contributed by atoms with Crippen molar-refractivity contribution in [1.29, 1.82) is 5.26 Å². The molecule has 20 heavy (non-hydrogen) atoms. The largest absolute Gasteiger partial charge is 0.497 e. The van der Waals surface area contributed by atoms with Gasteiger partial charge in [0.1, 0.15) is 23.1 Å². The molecule has 0 aromatic heterocycles. The fourth-order valence-electron chi connectivity index (χ4n) is 2.81. The minimum atomic E-state index is -0.426. The molecule has 1 fully saturated rings. The van der Waals surface area contributed by atoms with Crippen molar-refractivity contribution in [2.45, 2.75) is 44.2 Å². The Morgan fingerprint density at radius 2 is 2.05 bits per heavy atom. The fraction of sp³-hybridized carbons (Fsp3) is 0.562. The molecule has 0 saturated heterocycles. The monoisotopic (exact) mass is 274 g/mol. The summed E-state index contributed by atoms with van der Waals surface area (Å²) in [6.45, 7) is 2.84. The number of nitrogens with zero attached hydrogens (tertiary/aromatic N) is 1. The second kappa shape index (κ2) is 6.62. The van der Waals surface area contributed by atoms with Crippen LogP contribution in [0.25, 0.3) is 0 Å². The topological polar surface area (TPSA) is 54.3 Å². The van der Waals surface area contributed by atoms with E-state index >= 15 is 0 Å². The number of nitrogens with one attached hydrogen (secondary N) is 1. The predicted molar refractivity (Wildman–Crippen MR) is 77.9 cm³/mol. The summed E-state index contributed by atoms with van der Waals surface area (Å²) in [6.07, 6.45) is 3.75. The minimum Gasteiger partial charge on any atom is -0.497 e. The first-order chi connectivity index (χ1) is 9.71. The molecule has 0 aliphatic heterocycles. The van der Waals surface area contributed by atoms with Crippen LogP contribution in [-0.4, -0.2) is 25.3 Å². The van der Waals surface area contributed by atoms with Gasteiger partial charge >= 0.3 is 0 Å². The fourth-order valence-corrected chi connectivity index (χ4v) is 2.81. The first-order valence-corrected chi connectivity index (χ1v) is 7.18. The minimum absolute atomic E-state index is 0.0934. The van der Waals surface area contributed by atoms with Crippen molar-refractivity contribution in [3.05, 3.63) is 24.3 Å². The molecule has 0 amide bonds. The van der Waals surface area contributed by atoms with Gasteiger partial charge in [-0.05, 0) is 50.1 Å². The lowest BCUT2D eigenvalue weighted by Gasteiger charge is -2.36. The molecule has 1 aromatic carbocycles. The lowest BCUT2D eigenvalue weighted by atomic mass is 9.81. The lowest BCUT2D eigenvalue weighted by Crippen LogP contribution is -2.49. The number of hydrogen-bond acceptors (Lipinski definition) is 4. The Morgan fingerprint density at radius 1 is 1.35 bits per heavy atom. The van der Waals surface area contributed by atoms with E-state index in [1.807, 2.05) is 31.2 Å². The van der Waals surface area contributed by atoms with Crippen LogP contribution in [0.3, 0.4) is 0 Å². The third-order valence-electron chi connectivity index (χ3n) is 3.80. The Morgan fingerprint density at radius 3 is 2.65 bits per heavy atom. The van der Waals surface area contributed by atoms with Crippen molar-refractivity contribution in [2.24, 2.45) is 0 Å². The van der Waals surface area contributed by atoms with Crippen LogP contribution in [0, 0.1) is 11.3 Å². The summed E-state index contributed by atoms with van der Waals surface area (Å²) in [6, 6.07) is 10.0. The van der Waals surface area contributed by atoms with Crippen LogP contribution in [0.1, 0.15) is 32.6 Å². The molecule has 1 saturated carbocycles. The first kappa shape index (κ1) is 14.7. The maximum absolute atomic E-state index is 9.44. The van der Waals surface area contributed by atoms with E-state index in [2.05, 4.69) is 11.4 Å². The zero-order valence-electron chi connectivity index (χ0n) is 12.2. The second-order valence-electron chi connectivity index (χ2n) is 5.24. The van der Waals surface area contributed by atoms with Crippen LogP contribution in [0.5, 0.6) is 11.5 Å². The normalized spacial score (nSPS) is 25.8. The Hall–Kier alpha value is -1.73. The van der Waals surface area contributed by atoms with Gasteiger partial charge in [0, 0.05) is 6.42 Å². The molecule has 1 aliphatic carbocycles. The molecule has 2 atom stereocenters. The molecule has 4 heteroatoms. The average Bonchev–Trinajstić information content (AvgIpc) is 2.49. The Bertz CT molecular complexity index is 462. The van der Waals surface area contributed by atoms with E-state index in [-0.39, 0.29) is 6.10 Å². The van der Waals surface area contributed by atoms with Crippen LogP contribution in [-0.2, 0) is 0 Å². The van der Waals surface area contributed by atoms with Crippen molar-refractivity contribution < 1.29 is 9.47 Å². The smallest absolute Gasteiger partial charge is 0.119 e. The number of rotatable bonds is 5. The highest BCUT2D eigenvalue weighted by Gasteiger charge is 2.36. The standard InChI is InChI=1S/C16H22N2O2/c1-3-18-16(12-17)10-4-5-15(11-16)20-14-8-6-13(19-2)7-9-14/h6-9,15,18H,3-5,10-11H2,1-2H3. The Labute approximate surface area is 120 Å². The van der Waals surface area contributed by atoms with E-state index < -0.39 is 5.54 Å². The third kappa shape index (κ3) is 3.43. The summed E-state index contributed by atoms with van der Waals surface area (Å²) in [4.78, 5) is 0. The number of hydrogen-bond donors (Lipinski definition) is 1. The van der Waals surface area contributed by atoms with E-state index in [0.29, 0.717) is 0 Å². The van der Waals surface area contributed by atoms with E-state index in [9.17, 15) is 5.26 Å². The molecule has 108 valence electrons. The second-order valence-corrected chi connectivity index (χ2v) is 5.24. The molecular formula is C16H22N2O2.